The summed E-state index contributed by atoms with van der Waals surface area (Å²) in [6.45, 7) is 5.55. The smallest absolute Gasteiger partial charge is 0.0105 e. The molecule has 0 spiro atoms. The molecule has 1 atom stereocenters. The second kappa shape index (κ2) is 1.90. The van der Waals surface area contributed by atoms with Crippen LogP contribution in [0.25, 0.3) is 0 Å². The number of rotatable bonds is 0. The van der Waals surface area contributed by atoms with E-state index in [4.69, 9.17) is 0 Å². The van der Waals surface area contributed by atoms with Gasteiger partial charge in [-0.05, 0) is 30.2 Å². The van der Waals surface area contributed by atoms with Crippen molar-refractivity contribution >= 4 is 0 Å². The minimum absolute atomic E-state index is 0.746. The van der Waals surface area contributed by atoms with Crippen LogP contribution in [0.15, 0.2) is 29.3 Å². The first-order valence-corrected chi connectivity index (χ1v) is 2.73. The molecule has 0 radical (unpaired) electrons. The van der Waals surface area contributed by atoms with Gasteiger partial charge < -0.3 is 0 Å². The first-order valence-electron chi connectivity index (χ1n) is 2.73. The molecule has 0 aromatic carbocycles. The van der Waals surface area contributed by atoms with Crippen LogP contribution in [-0.2, 0) is 0 Å². The van der Waals surface area contributed by atoms with E-state index in [0.29, 0.717) is 0 Å². The zero-order valence-corrected chi connectivity index (χ0v) is 4.99. The van der Waals surface area contributed by atoms with Crippen LogP contribution < -0.4 is 0 Å². The maximum absolute atomic E-state index is 3.37. The molecular weight excluding hydrogens is 96.1 g/mol. The summed E-state index contributed by atoms with van der Waals surface area (Å²) in [4.78, 5) is 0. The Balaban J connectivity index is 2.88. The predicted molar refractivity (Wildman–Crippen MR) is 33.5 cm³/mol. The van der Waals surface area contributed by atoms with Crippen LogP contribution in [0.2, 0.25) is 0 Å². The molecule has 0 N–H and O–H groups in total. The van der Waals surface area contributed by atoms with Gasteiger partial charge in [0.2, 0.25) is 0 Å². The van der Waals surface area contributed by atoms with Crippen molar-refractivity contribution < 1.29 is 0 Å². The third-order valence-electron chi connectivity index (χ3n) is 1.27. The van der Waals surface area contributed by atoms with Gasteiger partial charge in [-0.25, -0.2) is 0 Å². The van der Waals surface area contributed by atoms with Gasteiger partial charge in [0.25, 0.3) is 0 Å². The van der Waals surface area contributed by atoms with Crippen LogP contribution >= 0.6 is 0 Å². The van der Waals surface area contributed by atoms with Crippen molar-refractivity contribution in [3.63, 3.8) is 0 Å². The zero-order chi connectivity index (χ0) is 5.98. The van der Waals surface area contributed by atoms with Crippen LogP contribution in [0.4, 0.5) is 0 Å². The monoisotopic (exact) mass is 104 g/mol. The maximum Gasteiger partial charge on any atom is -0.0105 e. The Kier molecular flexibility index (Phi) is 1.24. The lowest BCUT2D eigenvalue weighted by Gasteiger charge is -1.58. The predicted octanol–water partition coefficient (Wildman–Crippen LogP) is 2.05. The molecule has 0 aromatic rings. The molecule has 8 heavy (non-hydrogen) atoms. The highest BCUT2D eigenvalue weighted by atomic mass is 14.3. The van der Waals surface area contributed by atoms with Crippen LogP contribution in [-0.4, -0.2) is 0 Å². The van der Waals surface area contributed by atoms with Crippen LogP contribution in [0.3, 0.4) is 0 Å². The van der Waals surface area contributed by atoms with E-state index in [1.54, 1.807) is 0 Å². The van der Waals surface area contributed by atoms with Gasteiger partial charge in [-0.1, -0.05) is 18.4 Å². The Morgan fingerprint density at radius 3 is 2.75 bits per heavy atom. The second-order valence-electron chi connectivity index (χ2n) is 2.06. The van der Waals surface area contributed by atoms with Gasteiger partial charge in [-0.3, -0.25) is 0 Å². The molecule has 0 nitrogen and oxygen atoms in total. The van der Waals surface area contributed by atoms with Crippen LogP contribution in [0.5, 0.6) is 0 Å². The van der Waals surface area contributed by atoms with Crippen molar-refractivity contribution in [2.45, 2.75) is 13.3 Å². The van der Waals surface area contributed by atoms with Crippen LogP contribution in [0, 0.1) is 5.92 Å². The Bertz CT molecular complexity index is 204. The summed E-state index contributed by atoms with van der Waals surface area (Å²) >= 11 is 0. The van der Waals surface area contributed by atoms with E-state index in [-0.39, 0.29) is 0 Å². The van der Waals surface area contributed by atoms with Gasteiger partial charge in [-0.2, -0.15) is 0 Å². The fourth-order valence-corrected chi connectivity index (χ4v) is 0.570. The number of hydrogen-bond acceptors (Lipinski definition) is 0. The van der Waals surface area contributed by atoms with Crippen molar-refractivity contribution in [1.82, 2.24) is 0 Å². The molecule has 1 unspecified atom stereocenters. The highest BCUT2D eigenvalue weighted by Gasteiger charge is 2.23. The zero-order valence-electron chi connectivity index (χ0n) is 4.99. The summed E-state index contributed by atoms with van der Waals surface area (Å²) in [5.74, 6) is 0.746. The Hall–Kier alpha value is -0.920. The van der Waals surface area contributed by atoms with Gasteiger partial charge in [0.15, 0.2) is 0 Å². The molecule has 1 fully saturated rings. The Morgan fingerprint density at radius 2 is 2.38 bits per heavy atom. The lowest BCUT2D eigenvalue weighted by atomic mass is 10.5. The summed E-state index contributed by atoms with van der Waals surface area (Å²) in [6.07, 6.45) is 1.19. The van der Waals surface area contributed by atoms with E-state index >= 15 is 0 Å². The Labute approximate surface area is 49.5 Å². The molecule has 0 bridgehead atoms. The fourth-order valence-electron chi connectivity index (χ4n) is 0.570. The van der Waals surface area contributed by atoms with E-state index in [0.717, 1.165) is 5.92 Å². The van der Waals surface area contributed by atoms with Crippen molar-refractivity contribution in [2.24, 2.45) is 5.92 Å². The van der Waals surface area contributed by atoms with Gasteiger partial charge >= 0.3 is 0 Å². The van der Waals surface area contributed by atoms with E-state index < -0.39 is 0 Å². The lowest BCUT2D eigenvalue weighted by Crippen LogP contribution is -1.48. The maximum atomic E-state index is 3.37. The molecule has 1 aliphatic carbocycles. The van der Waals surface area contributed by atoms with E-state index in [1.165, 1.54) is 12.0 Å². The Morgan fingerprint density at radius 1 is 1.75 bits per heavy atom. The molecule has 0 heteroatoms. The summed E-state index contributed by atoms with van der Waals surface area (Å²) in [7, 11) is 0. The minimum Gasteiger partial charge on any atom is -0.0693 e. The molecular formula is C8H8. The van der Waals surface area contributed by atoms with Crippen molar-refractivity contribution in [3.05, 3.63) is 29.3 Å². The molecule has 0 aliphatic heterocycles. The molecule has 1 aliphatic rings. The fraction of sp³-hybridized carbons (Fsp3) is 0.375. The number of allylic oxidation sites excluding steroid dienone is 1. The standard InChI is InChI=1S/C8H8/c1-3-4-5-8-6-7(8)2/h7H,1,6H2,2H3. The highest BCUT2D eigenvalue weighted by Crippen LogP contribution is 2.35. The second-order valence-corrected chi connectivity index (χ2v) is 2.06. The third kappa shape index (κ3) is 1.03. The van der Waals surface area contributed by atoms with Crippen molar-refractivity contribution in [3.8, 4) is 0 Å². The van der Waals surface area contributed by atoms with Gasteiger partial charge in [0.1, 0.15) is 0 Å². The molecule has 1 saturated carbocycles. The topological polar surface area (TPSA) is 0 Å². The van der Waals surface area contributed by atoms with Gasteiger partial charge in [-0.15, -0.1) is 0 Å². The largest absolute Gasteiger partial charge is 0.0693 e. The van der Waals surface area contributed by atoms with E-state index in [1.807, 2.05) is 0 Å². The molecule has 0 saturated heterocycles. The first kappa shape index (κ1) is 5.22. The minimum atomic E-state index is 0.746. The molecule has 0 amide bonds. The first-order chi connectivity index (χ1) is 3.84. The molecule has 0 heterocycles. The van der Waals surface area contributed by atoms with E-state index in [2.05, 4.69) is 30.7 Å². The highest BCUT2D eigenvalue weighted by molar-refractivity contribution is 5.20. The average Bonchev–Trinajstić information content (AvgIpc) is 2.42. The van der Waals surface area contributed by atoms with Crippen molar-refractivity contribution in [1.29, 1.82) is 0 Å². The quantitative estimate of drug-likeness (QED) is 0.412. The van der Waals surface area contributed by atoms with Gasteiger partial charge in [0.05, 0.1) is 0 Å². The molecule has 40 valence electrons. The average molecular weight is 104 g/mol. The van der Waals surface area contributed by atoms with Gasteiger partial charge in [0, 0.05) is 0 Å². The van der Waals surface area contributed by atoms with Crippen LogP contribution in [0.1, 0.15) is 13.3 Å². The lowest BCUT2D eigenvalue weighted by molar-refractivity contribution is 1.02. The summed E-state index contributed by atoms with van der Waals surface area (Å²) in [5, 5.41) is 0. The summed E-state index contributed by atoms with van der Waals surface area (Å²) in [6, 6.07) is 0. The number of hydrogen-bond donors (Lipinski definition) is 0. The summed E-state index contributed by atoms with van der Waals surface area (Å²) < 4.78 is 0. The van der Waals surface area contributed by atoms with Crippen molar-refractivity contribution in [2.75, 3.05) is 0 Å². The molecule has 0 aromatic heterocycles. The molecule has 1 rings (SSSR count). The third-order valence-corrected chi connectivity index (χ3v) is 1.27. The SMILES string of the molecule is C=C=C=C=C1CC1C. The van der Waals surface area contributed by atoms with E-state index in [9.17, 15) is 0 Å². The summed E-state index contributed by atoms with van der Waals surface area (Å²) in [5.41, 5.74) is 9.52. The normalized spacial score (nSPS) is 23.1.